The maximum Gasteiger partial charge on any atom is 0.257 e. The summed E-state index contributed by atoms with van der Waals surface area (Å²) in [5.74, 6) is 1.84. The molecule has 0 radical (unpaired) electrons. The highest BCUT2D eigenvalue weighted by molar-refractivity contribution is 7.80. The van der Waals surface area contributed by atoms with E-state index in [-0.39, 0.29) is 11.0 Å². The van der Waals surface area contributed by atoms with E-state index in [1.54, 1.807) is 36.6 Å². The summed E-state index contributed by atoms with van der Waals surface area (Å²) in [5, 5.41) is 5.81. The summed E-state index contributed by atoms with van der Waals surface area (Å²) in [6, 6.07) is 10.6. The highest BCUT2D eigenvalue weighted by atomic mass is 32.1. The molecular weight excluding hydrogens is 324 g/mol. The van der Waals surface area contributed by atoms with Crippen LogP contribution in [0.2, 0.25) is 0 Å². The first-order valence-electron chi connectivity index (χ1n) is 7.89. The van der Waals surface area contributed by atoms with Crippen molar-refractivity contribution in [3.05, 3.63) is 54.0 Å². The predicted molar refractivity (Wildman–Crippen MR) is 97.0 cm³/mol. The summed E-state index contributed by atoms with van der Waals surface area (Å²) in [6.45, 7) is 5.40. The SMILES string of the molecule is CC(C)CCOc1ccc(C(=O)NC(=S)NCc2ccco2)cc1. The largest absolute Gasteiger partial charge is 0.494 e. The normalized spacial score (nSPS) is 10.5. The van der Waals surface area contributed by atoms with Gasteiger partial charge in [-0.15, -0.1) is 0 Å². The van der Waals surface area contributed by atoms with Gasteiger partial charge in [0.25, 0.3) is 5.91 Å². The second-order valence-corrected chi connectivity index (χ2v) is 6.18. The van der Waals surface area contributed by atoms with Crippen LogP contribution in [0.5, 0.6) is 5.75 Å². The fourth-order valence-corrected chi connectivity index (χ4v) is 2.08. The predicted octanol–water partition coefficient (Wildman–Crippen LogP) is 3.51. The molecule has 24 heavy (non-hydrogen) atoms. The van der Waals surface area contributed by atoms with Crippen LogP contribution in [0.1, 0.15) is 36.4 Å². The molecule has 0 unspecified atom stereocenters. The summed E-state index contributed by atoms with van der Waals surface area (Å²) in [5.41, 5.74) is 0.522. The van der Waals surface area contributed by atoms with Crippen LogP contribution in [0.3, 0.4) is 0 Å². The molecule has 6 heteroatoms. The molecule has 0 aliphatic rings. The van der Waals surface area contributed by atoms with Crippen LogP contribution in [-0.2, 0) is 6.54 Å². The van der Waals surface area contributed by atoms with Gasteiger partial charge in [-0.05, 0) is 61.0 Å². The average Bonchev–Trinajstić information content (AvgIpc) is 3.06. The van der Waals surface area contributed by atoms with Crippen LogP contribution in [0, 0.1) is 5.92 Å². The van der Waals surface area contributed by atoms with Crippen LogP contribution >= 0.6 is 12.2 Å². The van der Waals surface area contributed by atoms with Gasteiger partial charge in [-0.2, -0.15) is 0 Å². The monoisotopic (exact) mass is 346 g/mol. The lowest BCUT2D eigenvalue weighted by atomic mass is 10.1. The van der Waals surface area contributed by atoms with E-state index in [4.69, 9.17) is 21.4 Å². The van der Waals surface area contributed by atoms with Crippen molar-refractivity contribution in [2.45, 2.75) is 26.8 Å². The number of ether oxygens (including phenoxy) is 1. The molecule has 0 atom stereocenters. The molecule has 1 amide bonds. The Kier molecular flexibility index (Phi) is 6.81. The van der Waals surface area contributed by atoms with E-state index in [0.29, 0.717) is 24.6 Å². The molecule has 128 valence electrons. The van der Waals surface area contributed by atoms with Gasteiger partial charge in [0, 0.05) is 5.56 Å². The van der Waals surface area contributed by atoms with Crippen molar-refractivity contribution in [1.82, 2.24) is 10.6 Å². The van der Waals surface area contributed by atoms with Crippen LogP contribution in [0.15, 0.2) is 47.1 Å². The third-order valence-electron chi connectivity index (χ3n) is 3.31. The summed E-state index contributed by atoms with van der Waals surface area (Å²) in [6.07, 6.45) is 2.58. The maximum absolute atomic E-state index is 12.1. The van der Waals surface area contributed by atoms with Gasteiger partial charge < -0.3 is 14.5 Å². The van der Waals surface area contributed by atoms with Crippen LogP contribution in [-0.4, -0.2) is 17.6 Å². The van der Waals surface area contributed by atoms with Crippen molar-refractivity contribution in [3.8, 4) is 5.75 Å². The fourth-order valence-electron chi connectivity index (χ4n) is 1.92. The van der Waals surface area contributed by atoms with Crippen molar-refractivity contribution in [1.29, 1.82) is 0 Å². The number of thiocarbonyl (C=S) groups is 1. The van der Waals surface area contributed by atoms with Crippen LogP contribution < -0.4 is 15.4 Å². The van der Waals surface area contributed by atoms with Crippen molar-refractivity contribution < 1.29 is 13.9 Å². The molecule has 0 saturated heterocycles. The number of furan rings is 1. The molecule has 0 aliphatic carbocycles. The van der Waals surface area contributed by atoms with Gasteiger partial charge in [0.2, 0.25) is 0 Å². The smallest absolute Gasteiger partial charge is 0.257 e. The Balaban J connectivity index is 1.78. The Hall–Kier alpha value is -2.34. The van der Waals surface area contributed by atoms with E-state index in [1.807, 2.05) is 6.07 Å². The van der Waals surface area contributed by atoms with Gasteiger partial charge in [-0.1, -0.05) is 13.8 Å². The number of amides is 1. The Morgan fingerprint density at radius 3 is 2.62 bits per heavy atom. The average molecular weight is 346 g/mol. The van der Waals surface area contributed by atoms with Gasteiger partial charge in [0.15, 0.2) is 5.11 Å². The molecule has 2 rings (SSSR count). The van der Waals surface area contributed by atoms with Gasteiger partial charge in [-0.25, -0.2) is 0 Å². The molecule has 0 bridgehead atoms. The molecular formula is C18H22N2O3S. The highest BCUT2D eigenvalue weighted by Gasteiger charge is 2.08. The van der Waals surface area contributed by atoms with E-state index in [9.17, 15) is 4.79 Å². The molecule has 0 saturated carbocycles. The molecule has 2 aromatic rings. The molecule has 1 aromatic carbocycles. The van der Waals surface area contributed by atoms with Crippen molar-refractivity contribution in [3.63, 3.8) is 0 Å². The van der Waals surface area contributed by atoms with E-state index in [0.717, 1.165) is 17.9 Å². The molecule has 1 heterocycles. The number of carbonyl (C=O) groups is 1. The summed E-state index contributed by atoms with van der Waals surface area (Å²) in [7, 11) is 0. The lowest BCUT2D eigenvalue weighted by molar-refractivity contribution is 0.0976. The third kappa shape index (κ3) is 6.04. The molecule has 0 spiro atoms. The molecule has 1 aromatic heterocycles. The summed E-state index contributed by atoms with van der Waals surface area (Å²) in [4.78, 5) is 12.1. The second kappa shape index (κ2) is 9.08. The summed E-state index contributed by atoms with van der Waals surface area (Å²) < 4.78 is 10.8. The fraction of sp³-hybridized carbons (Fsp3) is 0.333. The van der Waals surface area contributed by atoms with E-state index in [2.05, 4.69) is 24.5 Å². The van der Waals surface area contributed by atoms with E-state index >= 15 is 0 Å². The number of nitrogens with one attached hydrogen (secondary N) is 2. The number of hydrogen-bond donors (Lipinski definition) is 2. The topological polar surface area (TPSA) is 63.5 Å². The second-order valence-electron chi connectivity index (χ2n) is 5.77. The zero-order chi connectivity index (χ0) is 17.4. The van der Waals surface area contributed by atoms with Crippen molar-refractivity contribution in [2.24, 2.45) is 5.92 Å². The molecule has 0 aliphatic heterocycles. The molecule has 0 fully saturated rings. The minimum Gasteiger partial charge on any atom is -0.494 e. The lowest BCUT2D eigenvalue weighted by Gasteiger charge is -2.10. The first kappa shape index (κ1) is 18.0. The Morgan fingerprint density at radius 1 is 1.25 bits per heavy atom. The van der Waals surface area contributed by atoms with Crippen molar-refractivity contribution in [2.75, 3.05) is 6.61 Å². The number of hydrogen-bond acceptors (Lipinski definition) is 4. The van der Waals surface area contributed by atoms with E-state index < -0.39 is 0 Å². The molecule has 5 nitrogen and oxygen atoms in total. The zero-order valence-corrected chi connectivity index (χ0v) is 14.7. The van der Waals surface area contributed by atoms with Crippen molar-refractivity contribution >= 4 is 23.2 Å². The van der Waals surface area contributed by atoms with Gasteiger partial charge >= 0.3 is 0 Å². The van der Waals surface area contributed by atoms with Crippen LogP contribution in [0.25, 0.3) is 0 Å². The first-order valence-corrected chi connectivity index (χ1v) is 8.30. The Labute approximate surface area is 147 Å². The standard InChI is InChI=1S/C18H22N2O3S/c1-13(2)9-11-23-15-7-5-14(6-8-15)17(21)20-18(24)19-12-16-4-3-10-22-16/h3-8,10,13H,9,11-12H2,1-2H3,(H2,19,20,21,24). The molecule has 2 N–H and O–H groups in total. The first-order chi connectivity index (χ1) is 11.5. The minimum atomic E-state index is -0.263. The highest BCUT2D eigenvalue weighted by Crippen LogP contribution is 2.13. The zero-order valence-electron chi connectivity index (χ0n) is 13.9. The van der Waals surface area contributed by atoms with E-state index in [1.165, 1.54) is 0 Å². The maximum atomic E-state index is 12.1. The van der Waals surface area contributed by atoms with Crippen LogP contribution in [0.4, 0.5) is 0 Å². The Morgan fingerprint density at radius 2 is 2.00 bits per heavy atom. The Bertz CT molecular complexity index is 651. The third-order valence-corrected chi connectivity index (χ3v) is 3.56. The quantitative estimate of drug-likeness (QED) is 0.751. The van der Waals surface area contributed by atoms with Gasteiger partial charge in [0.05, 0.1) is 19.4 Å². The van der Waals surface area contributed by atoms with Gasteiger partial charge in [0.1, 0.15) is 11.5 Å². The number of carbonyl (C=O) groups excluding carboxylic acids is 1. The minimum absolute atomic E-state index is 0.258. The number of benzene rings is 1. The lowest BCUT2D eigenvalue weighted by Crippen LogP contribution is -2.38. The number of rotatable bonds is 7. The van der Waals surface area contributed by atoms with Gasteiger partial charge in [-0.3, -0.25) is 10.1 Å². The summed E-state index contributed by atoms with van der Waals surface area (Å²) >= 11 is 5.10.